The van der Waals surface area contributed by atoms with E-state index in [-0.39, 0.29) is 23.1 Å². The number of hydrogen-bond donors (Lipinski definition) is 2. The van der Waals surface area contributed by atoms with Crippen LogP contribution in [0.15, 0.2) is 48.5 Å². The lowest BCUT2D eigenvalue weighted by Crippen LogP contribution is -2.35. The van der Waals surface area contributed by atoms with Crippen molar-refractivity contribution in [2.24, 2.45) is 5.41 Å². The van der Waals surface area contributed by atoms with Gasteiger partial charge in [0.1, 0.15) is 0 Å². The monoisotopic (exact) mass is 340 g/mol. The van der Waals surface area contributed by atoms with Gasteiger partial charge in [-0.2, -0.15) is 0 Å². The van der Waals surface area contributed by atoms with Gasteiger partial charge in [-0.15, -0.1) is 0 Å². The molecule has 1 unspecified atom stereocenters. The Bertz CT molecular complexity index is 676. The van der Waals surface area contributed by atoms with Crippen molar-refractivity contribution in [3.05, 3.63) is 54.1 Å². The Morgan fingerprint density at radius 1 is 1.04 bits per heavy atom. The number of ketones is 1. The lowest BCUT2D eigenvalue weighted by atomic mass is 9.95. The molecule has 2 bridgehead atoms. The van der Waals surface area contributed by atoms with Crippen molar-refractivity contribution in [1.82, 2.24) is 5.32 Å². The van der Waals surface area contributed by atoms with Crippen LogP contribution in [0.5, 0.6) is 0 Å². The van der Waals surface area contributed by atoms with Crippen LogP contribution in [-0.2, 0) is 4.79 Å². The molecule has 2 rings (SSSR count). The van der Waals surface area contributed by atoms with Crippen molar-refractivity contribution in [2.75, 3.05) is 11.9 Å². The van der Waals surface area contributed by atoms with Gasteiger partial charge >= 0.3 is 0 Å². The average molecular weight is 340 g/mol. The molecule has 4 nitrogen and oxygen atoms in total. The van der Waals surface area contributed by atoms with E-state index in [9.17, 15) is 9.59 Å². The Morgan fingerprint density at radius 2 is 1.76 bits per heavy atom. The van der Waals surface area contributed by atoms with E-state index >= 15 is 0 Å². The van der Waals surface area contributed by atoms with Crippen LogP contribution in [0.4, 0.5) is 5.69 Å². The van der Waals surface area contributed by atoms with Crippen molar-refractivity contribution < 1.29 is 9.59 Å². The highest BCUT2D eigenvalue weighted by atomic mass is 16.2. The molecule has 0 fully saturated rings. The summed E-state index contributed by atoms with van der Waals surface area (Å²) >= 11 is 0. The molecule has 1 aliphatic rings. The molecule has 0 aromatic heterocycles. The third kappa shape index (κ3) is 5.89. The number of nitrogens with one attached hydrogen (secondary N) is 2. The lowest BCUT2D eigenvalue weighted by Gasteiger charge is -2.19. The first-order valence-corrected chi connectivity index (χ1v) is 8.90. The van der Waals surface area contributed by atoms with Crippen molar-refractivity contribution in [2.45, 2.75) is 46.1 Å². The van der Waals surface area contributed by atoms with E-state index in [4.69, 9.17) is 0 Å². The smallest absolute Gasteiger partial charge is 0.225 e. The summed E-state index contributed by atoms with van der Waals surface area (Å²) in [6.45, 7) is 6.36. The Kier molecular flexibility index (Phi) is 6.57. The molecule has 0 spiro atoms. The average Bonchev–Trinajstić information content (AvgIpc) is 2.72. The Hall–Kier alpha value is -2.36. The fourth-order valence-corrected chi connectivity index (χ4v) is 2.61. The van der Waals surface area contributed by atoms with E-state index in [0.717, 1.165) is 24.9 Å². The Labute approximate surface area is 150 Å². The van der Waals surface area contributed by atoms with Gasteiger partial charge < -0.3 is 10.6 Å². The molecule has 2 N–H and O–H groups in total. The number of Topliss-reactive ketones (excluding diaryl/α,β-unsaturated/α-hetero) is 1. The standard InChI is InChI=1S/C21H28N2O2/c1-21(2,3)20(25)22-15-9-8-12-18-19(24)16-10-6-4-5-7-11-17(23-18)14-13-16/h4-7,10-11,13-14,18,23H,8-9,12,15H2,1-3H3,(H,22,25). The van der Waals surface area contributed by atoms with Crippen LogP contribution < -0.4 is 10.6 Å². The van der Waals surface area contributed by atoms with Gasteiger partial charge in [-0.25, -0.2) is 0 Å². The Balaban J connectivity index is 1.92. The highest BCUT2D eigenvalue weighted by molar-refractivity contribution is 6.02. The minimum atomic E-state index is -0.364. The van der Waals surface area contributed by atoms with Gasteiger partial charge in [-0.3, -0.25) is 9.59 Å². The number of unbranched alkanes of at least 4 members (excludes halogenated alkanes) is 1. The molecule has 4 heteroatoms. The van der Waals surface area contributed by atoms with E-state index in [1.165, 1.54) is 0 Å². The largest absolute Gasteiger partial charge is 0.375 e. The number of rotatable bonds is 5. The molecule has 0 radical (unpaired) electrons. The van der Waals surface area contributed by atoms with Crippen LogP contribution in [-0.4, -0.2) is 24.3 Å². The second-order valence-corrected chi connectivity index (χ2v) is 7.41. The molecular weight excluding hydrogens is 312 g/mol. The molecule has 1 heterocycles. The summed E-state index contributed by atoms with van der Waals surface area (Å²) in [5.74, 6) is 0.178. The first-order valence-electron chi connectivity index (χ1n) is 8.90. The van der Waals surface area contributed by atoms with E-state index in [1.54, 1.807) is 0 Å². The van der Waals surface area contributed by atoms with Crippen molar-refractivity contribution >= 4 is 17.4 Å². The fourth-order valence-electron chi connectivity index (χ4n) is 2.61. The third-order valence-electron chi connectivity index (χ3n) is 4.16. The molecule has 0 saturated heterocycles. The summed E-state index contributed by atoms with van der Waals surface area (Å²) in [5.41, 5.74) is 1.29. The van der Waals surface area contributed by atoms with Crippen molar-refractivity contribution in [1.29, 1.82) is 0 Å². The van der Waals surface area contributed by atoms with E-state index in [0.29, 0.717) is 12.1 Å². The van der Waals surface area contributed by atoms with Gasteiger partial charge in [0.05, 0.1) is 6.04 Å². The Morgan fingerprint density at radius 3 is 2.48 bits per heavy atom. The van der Waals surface area contributed by atoms with Crippen LogP contribution in [0.25, 0.3) is 0 Å². The summed E-state index contributed by atoms with van der Waals surface area (Å²) in [6, 6.07) is 15.1. The van der Waals surface area contributed by atoms with Crippen molar-refractivity contribution in [3.8, 4) is 0 Å². The van der Waals surface area contributed by atoms with Crippen LogP contribution in [0.1, 0.15) is 50.4 Å². The number of carbonyl (C=O) groups excluding carboxylic acids is 2. The number of hydrogen-bond acceptors (Lipinski definition) is 3. The van der Waals surface area contributed by atoms with Gasteiger partial charge in [0.25, 0.3) is 0 Å². The zero-order valence-electron chi connectivity index (χ0n) is 15.3. The molecule has 0 saturated carbocycles. The molecule has 25 heavy (non-hydrogen) atoms. The molecule has 1 aliphatic heterocycles. The minimum Gasteiger partial charge on any atom is -0.375 e. The predicted molar refractivity (Wildman–Crippen MR) is 102 cm³/mol. The fraction of sp³-hybridized carbons (Fsp3) is 0.429. The van der Waals surface area contributed by atoms with Gasteiger partial charge in [0, 0.05) is 23.2 Å². The normalized spacial score (nSPS) is 15.8. The molecule has 0 aliphatic carbocycles. The van der Waals surface area contributed by atoms with Crippen LogP contribution in [0, 0.1) is 5.41 Å². The number of amides is 1. The summed E-state index contributed by atoms with van der Waals surface area (Å²) in [5, 5.41) is 6.29. The van der Waals surface area contributed by atoms with E-state index in [1.807, 2.05) is 69.3 Å². The van der Waals surface area contributed by atoms with Gasteiger partial charge in [-0.1, -0.05) is 51.1 Å². The maximum Gasteiger partial charge on any atom is 0.225 e. The van der Waals surface area contributed by atoms with Crippen molar-refractivity contribution in [3.63, 3.8) is 0 Å². The summed E-state index contributed by atoms with van der Waals surface area (Å²) < 4.78 is 0. The summed E-state index contributed by atoms with van der Waals surface area (Å²) in [7, 11) is 0. The van der Waals surface area contributed by atoms with E-state index < -0.39 is 0 Å². The molecular formula is C21H28N2O2. The SMILES string of the molecule is CC(C)(C)C(=O)NCCCCC1Nc2ccccccc(cc2)C1=O. The highest BCUT2D eigenvalue weighted by Gasteiger charge is 2.22. The van der Waals surface area contributed by atoms with Gasteiger partial charge in [0.15, 0.2) is 5.78 Å². The molecule has 1 aromatic rings. The first-order chi connectivity index (χ1) is 11.9. The van der Waals surface area contributed by atoms with Crippen LogP contribution in [0.2, 0.25) is 0 Å². The zero-order valence-corrected chi connectivity index (χ0v) is 15.3. The second-order valence-electron chi connectivity index (χ2n) is 7.41. The van der Waals surface area contributed by atoms with Crippen LogP contribution >= 0.6 is 0 Å². The molecule has 1 amide bonds. The summed E-state index contributed by atoms with van der Waals surface area (Å²) in [6.07, 6.45) is 2.48. The minimum absolute atomic E-state index is 0.0628. The molecule has 1 atom stereocenters. The molecule has 134 valence electrons. The summed E-state index contributed by atoms with van der Waals surface area (Å²) in [4.78, 5) is 24.6. The second kappa shape index (κ2) is 8.65. The maximum atomic E-state index is 12.7. The van der Waals surface area contributed by atoms with E-state index in [2.05, 4.69) is 10.6 Å². The third-order valence-corrected chi connectivity index (χ3v) is 4.16. The number of fused-ring (bicyclic) bond motifs is 3. The van der Waals surface area contributed by atoms with Gasteiger partial charge in [0.2, 0.25) is 5.91 Å². The highest BCUT2D eigenvalue weighted by Crippen LogP contribution is 2.18. The topological polar surface area (TPSA) is 58.2 Å². The number of carbonyl (C=O) groups is 2. The zero-order chi connectivity index (χ0) is 18.3. The first kappa shape index (κ1) is 19.0. The maximum absolute atomic E-state index is 12.7. The number of anilines is 1. The lowest BCUT2D eigenvalue weighted by molar-refractivity contribution is -0.128. The van der Waals surface area contributed by atoms with Crippen LogP contribution in [0.3, 0.4) is 0 Å². The predicted octanol–water partition coefficient (Wildman–Crippen LogP) is 4.12. The van der Waals surface area contributed by atoms with Gasteiger partial charge in [-0.05, 0) is 37.5 Å². The quantitative estimate of drug-likeness (QED) is 0.793. The molecule has 1 aromatic carbocycles.